The monoisotopic (exact) mass is 481 g/mol. The summed E-state index contributed by atoms with van der Waals surface area (Å²) in [4.78, 5) is 25.3. The average Bonchev–Trinajstić information content (AvgIpc) is 3.40. The van der Waals surface area contributed by atoms with Crippen LogP contribution in [0.2, 0.25) is 0 Å². The Kier molecular flexibility index (Phi) is 6.38. The van der Waals surface area contributed by atoms with Gasteiger partial charge in [0, 0.05) is 12.8 Å². The van der Waals surface area contributed by atoms with Gasteiger partial charge in [-0.05, 0) is 26.3 Å². The molecule has 1 aromatic rings. The van der Waals surface area contributed by atoms with Gasteiger partial charge in [-0.1, -0.05) is 30.3 Å². The van der Waals surface area contributed by atoms with Crippen molar-refractivity contribution in [3.8, 4) is 0 Å². The Labute approximate surface area is 189 Å². The Morgan fingerprint density at radius 3 is 2.20 bits per heavy atom. The Balaban J connectivity index is 0.00000256. The first kappa shape index (κ1) is 23.2. The molecule has 5 unspecified atom stereocenters. The number of piperidine rings is 1. The van der Waals surface area contributed by atoms with E-state index in [9.17, 15) is 9.59 Å². The summed E-state index contributed by atoms with van der Waals surface area (Å²) >= 11 is 0. The fourth-order valence-electron chi connectivity index (χ4n) is 4.91. The number of carbonyl (C=O) groups is 2. The van der Waals surface area contributed by atoms with Gasteiger partial charge in [-0.15, -0.1) is 0 Å². The maximum Gasteiger partial charge on any atom is 0.317 e. The van der Waals surface area contributed by atoms with Crippen LogP contribution in [0.15, 0.2) is 30.3 Å². The highest BCUT2D eigenvalue weighted by molar-refractivity contribution is 5.80. The Morgan fingerprint density at radius 1 is 1.10 bits per heavy atom. The minimum atomic E-state index is -0.615. The van der Waals surface area contributed by atoms with Crippen LogP contribution in [0, 0.1) is 5.41 Å². The van der Waals surface area contributed by atoms with E-state index < -0.39 is 11.3 Å². The summed E-state index contributed by atoms with van der Waals surface area (Å²) in [6.45, 7) is 5.40. The molecule has 0 saturated carbocycles. The molecule has 0 N–H and O–H groups in total. The molecule has 3 aliphatic rings. The van der Waals surface area contributed by atoms with Gasteiger partial charge in [-0.2, -0.15) is 0 Å². The Bertz CT molecular complexity index is 771. The number of benzene rings is 1. The maximum absolute atomic E-state index is 13.1. The molecule has 4 rings (SSSR count). The summed E-state index contributed by atoms with van der Waals surface area (Å²) in [7, 11) is 4.50. The molecule has 3 saturated heterocycles. The quantitative estimate of drug-likeness (QED) is 0.327. The van der Waals surface area contributed by atoms with Crippen LogP contribution < -0.4 is 17.0 Å². The largest absolute Gasteiger partial charge is 1.00 e. The van der Waals surface area contributed by atoms with Gasteiger partial charge in [0.2, 0.25) is 0 Å². The number of ether oxygens (including phenoxy) is 3. The van der Waals surface area contributed by atoms with E-state index in [2.05, 4.69) is 14.1 Å². The first-order valence-electron chi connectivity index (χ1n) is 10.5. The van der Waals surface area contributed by atoms with E-state index in [1.54, 1.807) is 20.8 Å². The number of hydrogen-bond donors (Lipinski definition) is 0. The molecule has 2 bridgehead atoms. The molecule has 0 radical (unpaired) electrons. The fourth-order valence-corrected chi connectivity index (χ4v) is 4.91. The molecule has 7 heteroatoms. The third-order valence-electron chi connectivity index (χ3n) is 6.80. The van der Waals surface area contributed by atoms with Crippen LogP contribution in [0.25, 0.3) is 0 Å². The van der Waals surface area contributed by atoms with Crippen molar-refractivity contribution in [2.45, 2.75) is 69.9 Å². The molecule has 0 spiro atoms. The number of fused-ring (bicyclic) bond motifs is 5. The highest BCUT2D eigenvalue weighted by Crippen LogP contribution is 2.51. The summed E-state index contributed by atoms with van der Waals surface area (Å²) in [6.07, 6.45) is 2.16. The van der Waals surface area contributed by atoms with Gasteiger partial charge in [-0.3, -0.25) is 9.59 Å². The third kappa shape index (κ3) is 4.30. The van der Waals surface area contributed by atoms with Crippen molar-refractivity contribution < 1.29 is 45.3 Å². The van der Waals surface area contributed by atoms with Gasteiger partial charge in [0.15, 0.2) is 0 Å². The van der Waals surface area contributed by atoms with Crippen molar-refractivity contribution in [2.24, 2.45) is 5.41 Å². The number of rotatable bonds is 5. The minimum Gasteiger partial charge on any atom is -1.00 e. The molecule has 5 atom stereocenters. The summed E-state index contributed by atoms with van der Waals surface area (Å²) in [5.74, 6) is -1.25. The number of morpholine rings is 1. The van der Waals surface area contributed by atoms with E-state index in [1.807, 2.05) is 30.3 Å². The van der Waals surface area contributed by atoms with Gasteiger partial charge in [0.05, 0.1) is 19.5 Å². The Hall–Kier alpha value is -1.44. The van der Waals surface area contributed by atoms with Crippen molar-refractivity contribution in [1.82, 2.24) is 0 Å². The van der Waals surface area contributed by atoms with Gasteiger partial charge >= 0.3 is 11.9 Å². The van der Waals surface area contributed by atoms with Crippen LogP contribution >= 0.6 is 0 Å². The lowest BCUT2D eigenvalue weighted by molar-refractivity contribution is -0.938. The molecule has 1 aromatic carbocycles. The number of nitrogens with zero attached hydrogens (tertiary/aromatic N) is 1. The zero-order chi connectivity index (χ0) is 21.0. The van der Waals surface area contributed by atoms with E-state index in [1.165, 1.54) is 0 Å². The van der Waals surface area contributed by atoms with E-state index in [0.717, 1.165) is 22.9 Å². The fraction of sp³-hybridized carbons (Fsp3) is 0.652. The molecule has 3 fully saturated rings. The highest BCUT2D eigenvalue weighted by Gasteiger charge is 2.70. The van der Waals surface area contributed by atoms with Gasteiger partial charge in [0.1, 0.15) is 42.9 Å². The van der Waals surface area contributed by atoms with E-state index >= 15 is 0 Å². The van der Waals surface area contributed by atoms with E-state index in [0.29, 0.717) is 24.3 Å². The molecule has 3 heterocycles. The number of hydrogen-bond acceptors (Lipinski definition) is 5. The number of quaternary nitrogens is 1. The van der Waals surface area contributed by atoms with Crippen LogP contribution in [-0.2, 0) is 23.8 Å². The third-order valence-corrected chi connectivity index (χ3v) is 6.80. The van der Waals surface area contributed by atoms with Gasteiger partial charge < -0.3 is 35.7 Å². The summed E-state index contributed by atoms with van der Waals surface area (Å²) in [5, 5.41) is 0. The zero-order valence-corrected chi connectivity index (χ0v) is 19.9. The maximum atomic E-state index is 13.1. The zero-order valence-electron chi connectivity index (χ0n) is 18.3. The molecule has 30 heavy (non-hydrogen) atoms. The number of likely N-dealkylation sites (N-methyl/N-ethyl adjacent to an activating group) is 1. The predicted molar refractivity (Wildman–Crippen MR) is 107 cm³/mol. The first-order valence-corrected chi connectivity index (χ1v) is 10.5. The number of epoxide rings is 1. The van der Waals surface area contributed by atoms with E-state index in [-0.39, 0.29) is 41.6 Å². The molecular formula is C23H32BrNO5. The van der Waals surface area contributed by atoms with Crippen molar-refractivity contribution in [3.63, 3.8) is 0 Å². The Morgan fingerprint density at radius 2 is 1.67 bits per heavy atom. The second-order valence-corrected chi connectivity index (χ2v) is 10.2. The lowest BCUT2D eigenvalue weighted by atomic mass is 9.95. The topological polar surface area (TPSA) is 65.1 Å². The molecule has 3 aliphatic heterocycles. The van der Waals surface area contributed by atoms with E-state index in [4.69, 9.17) is 14.2 Å². The molecule has 0 aliphatic carbocycles. The van der Waals surface area contributed by atoms with Crippen LogP contribution in [0.1, 0.15) is 45.1 Å². The normalized spacial score (nSPS) is 31.7. The lowest BCUT2D eigenvalue weighted by Gasteiger charge is -2.45. The highest BCUT2D eigenvalue weighted by atomic mass is 79.9. The molecular weight excluding hydrogens is 450 g/mol. The standard InChI is InChI=1S/C23H32NO5.BrH/c1-23(2,3)22(26)27-13-16(14-9-7-6-8-10-14)21(25)28-15-11-17-19-20(29-19)18(12-15)24(17,4)5;/h6-10,15-20H,11-13H2,1-5H3;1H/q+1;/p-1. The number of halogens is 1. The molecule has 6 nitrogen and oxygen atoms in total. The number of esters is 2. The summed E-state index contributed by atoms with van der Waals surface area (Å²) < 4.78 is 18.2. The first-order chi connectivity index (χ1) is 13.6. The van der Waals surface area contributed by atoms with Crippen molar-refractivity contribution in [1.29, 1.82) is 0 Å². The molecule has 0 aromatic heterocycles. The SMILES string of the molecule is CC(C)(C)C(=O)OCC(C(=O)OC1CC2C3OC3C(C1)[N+]2(C)C)c1ccccc1.[Br-]. The summed E-state index contributed by atoms with van der Waals surface area (Å²) in [5.41, 5.74) is 0.193. The molecule has 0 amide bonds. The summed E-state index contributed by atoms with van der Waals surface area (Å²) in [6, 6.07) is 10.2. The van der Waals surface area contributed by atoms with Gasteiger partial charge in [-0.25, -0.2) is 0 Å². The van der Waals surface area contributed by atoms with Gasteiger partial charge in [0.25, 0.3) is 0 Å². The van der Waals surface area contributed by atoms with Crippen LogP contribution in [0.5, 0.6) is 0 Å². The second-order valence-electron chi connectivity index (χ2n) is 10.2. The number of carbonyl (C=O) groups excluding carboxylic acids is 2. The van der Waals surface area contributed by atoms with Crippen LogP contribution in [0.4, 0.5) is 0 Å². The second kappa shape index (κ2) is 8.24. The molecule has 166 valence electrons. The van der Waals surface area contributed by atoms with Crippen molar-refractivity contribution >= 4 is 11.9 Å². The van der Waals surface area contributed by atoms with Crippen molar-refractivity contribution in [2.75, 3.05) is 20.7 Å². The lowest BCUT2D eigenvalue weighted by Crippen LogP contribution is -3.00. The van der Waals surface area contributed by atoms with Crippen molar-refractivity contribution in [3.05, 3.63) is 35.9 Å². The minimum absolute atomic E-state index is 0. The van der Waals surface area contributed by atoms with Crippen LogP contribution in [-0.4, -0.2) is 67.5 Å². The predicted octanol–water partition coefficient (Wildman–Crippen LogP) is -0.336. The smallest absolute Gasteiger partial charge is 0.317 e. The average molecular weight is 482 g/mol. The van der Waals surface area contributed by atoms with Crippen LogP contribution in [0.3, 0.4) is 0 Å².